The fourth-order valence-corrected chi connectivity index (χ4v) is 2.98. The predicted octanol–water partition coefficient (Wildman–Crippen LogP) is 4.81. The highest BCUT2D eigenvalue weighted by Gasteiger charge is 2.10. The summed E-state index contributed by atoms with van der Waals surface area (Å²) in [7, 11) is 0. The maximum Gasteiger partial charge on any atom is 0.143 e. The van der Waals surface area contributed by atoms with E-state index in [0.29, 0.717) is 5.69 Å². The SMILES string of the molecule is CCCCCc1ccc(O)c(-n2nc3ccc(CCC)cc3n2)c1. The van der Waals surface area contributed by atoms with Crippen molar-refractivity contribution in [2.75, 3.05) is 0 Å². The number of nitrogens with zero attached hydrogens (tertiary/aromatic N) is 3. The fraction of sp³-hybridized carbons (Fsp3) is 0.400. The molecule has 0 atom stereocenters. The van der Waals surface area contributed by atoms with E-state index in [1.807, 2.05) is 18.2 Å². The lowest BCUT2D eigenvalue weighted by atomic mass is 10.1. The largest absolute Gasteiger partial charge is 0.506 e. The summed E-state index contributed by atoms with van der Waals surface area (Å²) in [5.41, 5.74) is 4.86. The van der Waals surface area contributed by atoms with E-state index in [2.05, 4.69) is 36.2 Å². The fourth-order valence-electron chi connectivity index (χ4n) is 2.98. The molecule has 1 heterocycles. The molecule has 0 aliphatic carbocycles. The van der Waals surface area contributed by atoms with Crippen molar-refractivity contribution in [1.29, 1.82) is 0 Å². The molecule has 4 nitrogen and oxygen atoms in total. The van der Waals surface area contributed by atoms with Crippen LogP contribution in [0, 0.1) is 0 Å². The Morgan fingerprint density at radius 1 is 0.833 bits per heavy atom. The molecule has 0 spiro atoms. The normalized spacial score (nSPS) is 11.2. The van der Waals surface area contributed by atoms with Crippen LogP contribution in [0.3, 0.4) is 0 Å². The van der Waals surface area contributed by atoms with Crippen LogP contribution in [0.1, 0.15) is 50.7 Å². The van der Waals surface area contributed by atoms with Gasteiger partial charge in [-0.2, -0.15) is 0 Å². The van der Waals surface area contributed by atoms with E-state index in [9.17, 15) is 5.11 Å². The zero-order chi connectivity index (χ0) is 16.9. The Balaban J connectivity index is 1.92. The second-order valence-electron chi connectivity index (χ2n) is 6.34. The molecule has 1 aromatic heterocycles. The highest BCUT2D eigenvalue weighted by molar-refractivity contribution is 5.75. The van der Waals surface area contributed by atoms with Crippen molar-refractivity contribution in [2.45, 2.75) is 52.4 Å². The van der Waals surface area contributed by atoms with Gasteiger partial charge in [0.2, 0.25) is 0 Å². The molecule has 0 aliphatic rings. The quantitative estimate of drug-likeness (QED) is 0.635. The van der Waals surface area contributed by atoms with E-state index in [1.54, 1.807) is 10.9 Å². The van der Waals surface area contributed by atoms with Crippen LogP contribution in [0.4, 0.5) is 0 Å². The summed E-state index contributed by atoms with van der Waals surface area (Å²) < 4.78 is 0. The monoisotopic (exact) mass is 323 g/mol. The van der Waals surface area contributed by atoms with Gasteiger partial charge in [0.05, 0.1) is 0 Å². The van der Waals surface area contributed by atoms with Crippen LogP contribution >= 0.6 is 0 Å². The van der Waals surface area contributed by atoms with Crippen LogP contribution in [0.2, 0.25) is 0 Å². The standard InChI is InChI=1S/C20H25N3O/c1-3-5-6-8-16-10-12-20(24)19(14-16)23-21-17-11-9-15(7-4-2)13-18(17)22-23/h9-14,24H,3-8H2,1-2H3. The molecule has 2 aromatic carbocycles. The first-order valence-corrected chi connectivity index (χ1v) is 8.89. The van der Waals surface area contributed by atoms with Gasteiger partial charge in [0, 0.05) is 0 Å². The van der Waals surface area contributed by atoms with E-state index < -0.39 is 0 Å². The van der Waals surface area contributed by atoms with Gasteiger partial charge in [-0.3, -0.25) is 0 Å². The van der Waals surface area contributed by atoms with Gasteiger partial charge in [-0.15, -0.1) is 15.0 Å². The maximum atomic E-state index is 10.2. The number of rotatable bonds is 7. The molecular formula is C20H25N3O. The van der Waals surface area contributed by atoms with Crippen LogP contribution < -0.4 is 0 Å². The number of hydrogen-bond donors (Lipinski definition) is 1. The van der Waals surface area contributed by atoms with Crippen LogP contribution in [0.25, 0.3) is 16.7 Å². The third-order valence-electron chi connectivity index (χ3n) is 4.31. The Bertz CT molecular complexity index is 823. The number of aromatic nitrogens is 3. The lowest BCUT2D eigenvalue weighted by Gasteiger charge is -2.06. The van der Waals surface area contributed by atoms with Crippen molar-refractivity contribution in [3.8, 4) is 11.4 Å². The van der Waals surface area contributed by atoms with E-state index in [1.165, 1.54) is 24.0 Å². The number of hydrogen-bond acceptors (Lipinski definition) is 3. The minimum Gasteiger partial charge on any atom is -0.506 e. The number of unbranched alkanes of at least 4 members (excludes halogenated alkanes) is 2. The molecule has 0 radical (unpaired) electrons. The second-order valence-corrected chi connectivity index (χ2v) is 6.34. The summed E-state index contributed by atoms with van der Waals surface area (Å²) in [6.07, 6.45) is 6.76. The predicted molar refractivity (Wildman–Crippen MR) is 97.8 cm³/mol. The molecule has 0 saturated heterocycles. The molecule has 0 amide bonds. The Kier molecular flexibility index (Phi) is 5.14. The minimum atomic E-state index is 0.211. The Morgan fingerprint density at radius 2 is 1.58 bits per heavy atom. The highest BCUT2D eigenvalue weighted by atomic mass is 16.3. The number of phenolic OH excluding ortho intramolecular Hbond substituents is 1. The van der Waals surface area contributed by atoms with E-state index in [-0.39, 0.29) is 5.75 Å². The average molecular weight is 323 g/mol. The third kappa shape index (κ3) is 3.58. The number of aromatic hydroxyl groups is 1. The van der Waals surface area contributed by atoms with Crippen LogP contribution in [-0.2, 0) is 12.8 Å². The molecular weight excluding hydrogens is 298 g/mol. The molecule has 1 N–H and O–H groups in total. The molecule has 0 unspecified atom stereocenters. The first-order valence-electron chi connectivity index (χ1n) is 8.89. The first-order chi connectivity index (χ1) is 11.7. The van der Waals surface area contributed by atoms with Gasteiger partial charge in [-0.25, -0.2) is 0 Å². The number of fused-ring (bicyclic) bond motifs is 1. The summed E-state index contributed by atoms with van der Waals surface area (Å²) in [6, 6.07) is 11.9. The summed E-state index contributed by atoms with van der Waals surface area (Å²) in [4.78, 5) is 1.55. The van der Waals surface area contributed by atoms with Crippen molar-refractivity contribution in [2.24, 2.45) is 0 Å². The highest BCUT2D eigenvalue weighted by Crippen LogP contribution is 2.24. The number of benzene rings is 2. The first kappa shape index (κ1) is 16.5. The summed E-state index contributed by atoms with van der Waals surface area (Å²) >= 11 is 0. The number of phenols is 1. The molecule has 3 aromatic rings. The second kappa shape index (κ2) is 7.47. The van der Waals surface area contributed by atoms with E-state index in [0.717, 1.165) is 36.7 Å². The van der Waals surface area contributed by atoms with Crippen LogP contribution in [0.5, 0.6) is 5.75 Å². The Morgan fingerprint density at radius 3 is 2.38 bits per heavy atom. The maximum absolute atomic E-state index is 10.2. The molecule has 0 fully saturated rings. The third-order valence-corrected chi connectivity index (χ3v) is 4.31. The van der Waals surface area contributed by atoms with Gasteiger partial charge in [-0.1, -0.05) is 45.2 Å². The molecule has 0 bridgehead atoms. The summed E-state index contributed by atoms with van der Waals surface area (Å²) in [6.45, 7) is 4.37. The topological polar surface area (TPSA) is 50.9 Å². The lowest BCUT2D eigenvalue weighted by Crippen LogP contribution is -2.00. The Labute approximate surface area is 143 Å². The molecule has 0 aliphatic heterocycles. The van der Waals surface area contributed by atoms with Gasteiger partial charge in [0.15, 0.2) is 0 Å². The van der Waals surface area contributed by atoms with Crippen LogP contribution in [0.15, 0.2) is 36.4 Å². The van der Waals surface area contributed by atoms with Gasteiger partial charge in [0.25, 0.3) is 0 Å². The zero-order valence-corrected chi connectivity index (χ0v) is 14.5. The lowest BCUT2D eigenvalue weighted by molar-refractivity contribution is 0.467. The average Bonchev–Trinajstić information content (AvgIpc) is 3.00. The van der Waals surface area contributed by atoms with Gasteiger partial charge in [-0.05, 0) is 54.7 Å². The van der Waals surface area contributed by atoms with Crippen LogP contribution in [-0.4, -0.2) is 20.1 Å². The smallest absolute Gasteiger partial charge is 0.143 e. The molecule has 126 valence electrons. The van der Waals surface area contributed by atoms with Crippen molar-refractivity contribution in [3.05, 3.63) is 47.5 Å². The van der Waals surface area contributed by atoms with Gasteiger partial charge < -0.3 is 5.11 Å². The number of aryl methyl sites for hydroxylation is 2. The molecule has 24 heavy (non-hydrogen) atoms. The van der Waals surface area contributed by atoms with Gasteiger partial charge >= 0.3 is 0 Å². The molecule has 3 rings (SSSR count). The molecule has 4 heteroatoms. The van der Waals surface area contributed by atoms with Gasteiger partial charge in [0.1, 0.15) is 22.5 Å². The minimum absolute atomic E-state index is 0.211. The van der Waals surface area contributed by atoms with Crippen molar-refractivity contribution < 1.29 is 5.11 Å². The molecule has 0 saturated carbocycles. The van der Waals surface area contributed by atoms with Crippen molar-refractivity contribution >= 4 is 11.0 Å². The van der Waals surface area contributed by atoms with E-state index in [4.69, 9.17) is 0 Å². The van der Waals surface area contributed by atoms with E-state index >= 15 is 0 Å². The summed E-state index contributed by atoms with van der Waals surface area (Å²) in [5.74, 6) is 0.211. The van der Waals surface area contributed by atoms with Crippen molar-refractivity contribution in [3.63, 3.8) is 0 Å². The zero-order valence-electron chi connectivity index (χ0n) is 14.5. The Hall–Kier alpha value is -2.36. The van der Waals surface area contributed by atoms with Crippen molar-refractivity contribution in [1.82, 2.24) is 15.0 Å². The summed E-state index contributed by atoms with van der Waals surface area (Å²) in [5, 5.41) is 19.3.